The lowest BCUT2D eigenvalue weighted by Crippen LogP contribution is -2.63. The number of Topliss-reactive ketones (excluding diaryl/α,β-unsaturated/α-hetero) is 1. The molecular formula is C36H59N5O7S3. The SMILES string of the molecule is C=CCNC(=O)C(=O)C(CC1CC1)NC(=O)[C@@H]1CC2(CN1C(=O)[C@@H](NC(=O)NC1(CS(=O)(=O)C(C)(C)C)CCCCC1)C(C)(C)C)SCCCS2. The van der Waals surface area contributed by atoms with Gasteiger partial charge >= 0.3 is 6.03 Å². The van der Waals surface area contributed by atoms with E-state index < -0.39 is 77.3 Å². The lowest BCUT2D eigenvalue weighted by molar-refractivity contribution is -0.143. The summed E-state index contributed by atoms with van der Waals surface area (Å²) in [7, 11) is -3.57. The molecule has 0 radical (unpaired) electrons. The van der Waals surface area contributed by atoms with Gasteiger partial charge in [0.2, 0.25) is 17.6 Å². The van der Waals surface area contributed by atoms with E-state index in [1.165, 1.54) is 6.08 Å². The third-order valence-electron chi connectivity index (χ3n) is 10.4. The van der Waals surface area contributed by atoms with Crippen molar-refractivity contribution in [2.24, 2.45) is 11.3 Å². The number of carbonyl (C=O) groups excluding carboxylic acids is 5. The maximum Gasteiger partial charge on any atom is 0.315 e. The molecule has 2 heterocycles. The van der Waals surface area contributed by atoms with E-state index in [0.717, 1.165) is 50.0 Å². The van der Waals surface area contributed by atoms with Crippen molar-refractivity contribution in [3.05, 3.63) is 12.7 Å². The zero-order valence-electron chi connectivity index (χ0n) is 31.2. The van der Waals surface area contributed by atoms with Crippen molar-refractivity contribution in [3.8, 4) is 0 Å². The molecule has 2 aliphatic carbocycles. The molecule has 288 valence electrons. The average molecular weight is 770 g/mol. The first-order valence-electron chi connectivity index (χ1n) is 18.3. The number of likely N-dealkylation sites (tertiary alicyclic amines) is 1. The molecule has 0 aromatic heterocycles. The van der Waals surface area contributed by atoms with E-state index in [1.54, 1.807) is 49.2 Å². The maximum atomic E-state index is 14.7. The summed E-state index contributed by atoms with van der Waals surface area (Å²) in [4.78, 5) is 70.1. The van der Waals surface area contributed by atoms with Crippen molar-refractivity contribution < 1.29 is 32.4 Å². The highest BCUT2D eigenvalue weighted by molar-refractivity contribution is 8.18. The number of hydrogen-bond acceptors (Lipinski definition) is 9. The number of urea groups is 1. The van der Waals surface area contributed by atoms with Crippen molar-refractivity contribution in [2.75, 3.05) is 30.3 Å². The standard InChI is InChI=1S/C36H59N5O7S3/c1-8-17-37-30(44)27(42)25(20-24-13-14-24)38-29(43)26-21-36(49-18-12-19-50-36)22-41(26)31(45)28(33(2,3)4)39-32(46)40-35(15-10-9-11-16-35)23-51(47,48)34(5,6)7/h8,24-26,28H,1,9-23H2,2-7H3,(H,37,44)(H,38,43)(H2,39,40,46)/t25?,26-,28+/m0/s1. The Balaban J connectivity index is 1.58. The molecule has 0 bridgehead atoms. The summed E-state index contributed by atoms with van der Waals surface area (Å²) in [5.74, 6) is -0.602. The second-order valence-corrected chi connectivity index (χ2v) is 22.8. The van der Waals surface area contributed by atoms with Gasteiger partial charge < -0.3 is 26.2 Å². The lowest BCUT2D eigenvalue weighted by Gasteiger charge is -2.41. The topological polar surface area (TPSA) is 171 Å². The largest absolute Gasteiger partial charge is 0.346 e. The third kappa shape index (κ3) is 10.7. The zero-order chi connectivity index (χ0) is 37.8. The molecule has 1 unspecified atom stereocenters. The molecule has 4 rings (SSSR count). The minimum absolute atomic E-state index is 0.124. The van der Waals surface area contributed by atoms with Crippen LogP contribution in [0.2, 0.25) is 0 Å². The van der Waals surface area contributed by atoms with Crippen LogP contribution in [0.3, 0.4) is 0 Å². The van der Waals surface area contributed by atoms with E-state index in [-0.39, 0.29) is 24.8 Å². The fourth-order valence-electron chi connectivity index (χ4n) is 7.06. The molecule has 12 nitrogen and oxygen atoms in total. The van der Waals surface area contributed by atoms with Gasteiger partial charge in [0.05, 0.1) is 26.2 Å². The molecule has 15 heteroatoms. The summed E-state index contributed by atoms with van der Waals surface area (Å²) >= 11 is 3.46. The molecule has 2 saturated carbocycles. The van der Waals surface area contributed by atoms with Crippen LogP contribution in [0.4, 0.5) is 4.79 Å². The highest BCUT2D eigenvalue weighted by atomic mass is 32.2. The number of hydrogen-bond donors (Lipinski definition) is 4. The molecule has 3 atom stereocenters. The summed E-state index contributed by atoms with van der Waals surface area (Å²) in [6.07, 6.45) is 8.58. The fraction of sp³-hybridized carbons (Fsp3) is 0.806. The van der Waals surface area contributed by atoms with Crippen LogP contribution in [0.5, 0.6) is 0 Å². The Morgan fingerprint density at radius 1 is 0.941 bits per heavy atom. The van der Waals surface area contributed by atoms with Gasteiger partial charge in [-0.2, -0.15) is 0 Å². The molecule has 4 N–H and O–H groups in total. The summed E-state index contributed by atoms with van der Waals surface area (Å²) < 4.78 is 25.3. The molecule has 0 aromatic rings. The number of ketones is 1. The molecular weight excluding hydrogens is 711 g/mol. The minimum atomic E-state index is -3.57. The van der Waals surface area contributed by atoms with Crippen LogP contribution >= 0.6 is 23.5 Å². The van der Waals surface area contributed by atoms with Gasteiger partial charge in [0.1, 0.15) is 12.1 Å². The fourth-order valence-corrected chi connectivity index (χ4v) is 11.9. The van der Waals surface area contributed by atoms with Crippen LogP contribution in [0.15, 0.2) is 12.7 Å². The normalized spacial score (nSPS) is 23.1. The van der Waals surface area contributed by atoms with Gasteiger partial charge in [-0.15, -0.1) is 30.1 Å². The van der Waals surface area contributed by atoms with Crippen LogP contribution in [-0.4, -0.2) is 106 Å². The quantitative estimate of drug-likeness (QED) is 0.160. The van der Waals surface area contributed by atoms with Crippen LogP contribution in [0.1, 0.15) is 106 Å². The molecule has 4 aliphatic rings. The van der Waals surface area contributed by atoms with E-state index in [1.807, 2.05) is 20.8 Å². The van der Waals surface area contributed by atoms with Crippen LogP contribution in [0.25, 0.3) is 0 Å². The minimum Gasteiger partial charge on any atom is -0.346 e. The zero-order valence-corrected chi connectivity index (χ0v) is 33.7. The van der Waals surface area contributed by atoms with E-state index in [0.29, 0.717) is 25.7 Å². The predicted octanol–water partition coefficient (Wildman–Crippen LogP) is 3.94. The number of nitrogens with one attached hydrogen (secondary N) is 4. The molecule has 2 saturated heterocycles. The molecule has 0 aromatic carbocycles. The molecule has 2 aliphatic heterocycles. The predicted molar refractivity (Wildman–Crippen MR) is 204 cm³/mol. The van der Waals surface area contributed by atoms with E-state index in [9.17, 15) is 32.4 Å². The second-order valence-electron chi connectivity index (χ2n) is 16.9. The molecule has 4 fully saturated rings. The Bertz CT molecular complexity index is 1440. The molecule has 5 amide bonds. The summed E-state index contributed by atoms with van der Waals surface area (Å²) in [6.45, 7) is 14.5. The number of nitrogens with zero attached hydrogens (tertiary/aromatic N) is 1. The molecule has 1 spiro atoms. The van der Waals surface area contributed by atoms with Gasteiger partial charge in [-0.25, -0.2) is 13.2 Å². The van der Waals surface area contributed by atoms with Gasteiger partial charge in [-0.3, -0.25) is 19.2 Å². The van der Waals surface area contributed by atoms with Crippen LogP contribution < -0.4 is 21.3 Å². The van der Waals surface area contributed by atoms with E-state index in [2.05, 4.69) is 27.8 Å². The average Bonchev–Trinajstić information content (AvgIpc) is 3.79. The Morgan fingerprint density at radius 2 is 1.57 bits per heavy atom. The smallest absolute Gasteiger partial charge is 0.315 e. The second kappa shape index (κ2) is 16.4. The Hall–Kier alpha value is -2.26. The van der Waals surface area contributed by atoms with Crippen molar-refractivity contribution in [1.29, 1.82) is 0 Å². The first-order chi connectivity index (χ1) is 23.7. The van der Waals surface area contributed by atoms with Gasteiger partial charge in [0.15, 0.2) is 9.84 Å². The van der Waals surface area contributed by atoms with Crippen molar-refractivity contribution in [2.45, 2.75) is 138 Å². The Kier molecular flexibility index (Phi) is 13.3. The highest BCUT2D eigenvalue weighted by Crippen LogP contribution is 2.51. The molecule has 51 heavy (non-hydrogen) atoms. The number of carbonyl (C=O) groups is 5. The van der Waals surface area contributed by atoms with Crippen molar-refractivity contribution in [3.63, 3.8) is 0 Å². The summed E-state index contributed by atoms with van der Waals surface area (Å²) in [6, 6.07) is -3.60. The Labute approximate surface area is 312 Å². The summed E-state index contributed by atoms with van der Waals surface area (Å²) in [5.41, 5.74) is -1.74. The first-order valence-corrected chi connectivity index (χ1v) is 22.0. The summed E-state index contributed by atoms with van der Waals surface area (Å²) in [5, 5.41) is 11.3. The monoisotopic (exact) mass is 769 g/mol. The van der Waals surface area contributed by atoms with Crippen LogP contribution in [-0.2, 0) is 29.0 Å². The van der Waals surface area contributed by atoms with Gasteiger partial charge in [0, 0.05) is 19.5 Å². The van der Waals surface area contributed by atoms with Crippen molar-refractivity contribution in [1.82, 2.24) is 26.2 Å². The van der Waals surface area contributed by atoms with E-state index >= 15 is 0 Å². The maximum absolute atomic E-state index is 14.7. The Morgan fingerprint density at radius 3 is 2.12 bits per heavy atom. The van der Waals surface area contributed by atoms with Gasteiger partial charge in [-0.1, -0.05) is 59.0 Å². The number of amides is 5. The van der Waals surface area contributed by atoms with Crippen molar-refractivity contribution >= 4 is 62.9 Å². The van der Waals surface area contributed by atoms with Crippen LogP contribution in [0, 0.1) is 11.3 Å². The van der Waals surface area contributed by atoms with Gasteiger partial charge in [-0.05, 0) is 69.3 Å². The number of thioether (sulfide) groups is 2. The van der Waals surface area contributed by atoms with Gasteiger partial charge in [0.25, 0.3) is 5.91 Å². The first kappa shape index (κ1) is 41.5. The lowest BCUT2D eigenvalue weighted by atomic mass is 9.83. The highest BCUT2D eigenvalue weighted by Gasteiger charge is 2.53. The van der Waals surface area contributed by atoms with E-state index in [4.69, 9.17) is 0 Å². The third-order valence-corrected chi connectivity index (χ3v) is 16.5. The number of rotatable bonds is 13. The number of sulfone groups is 1.